The molecule has 0 bridgehead atoms. The van der Waals surface area contributed by atoms with Gasteiger partial charge < -0.3 is 20.1 Å². The predicted molar refractivity (Wildman–Crippen MR) is 86.7 cm³/mol. The van der Waals surface area contributed by atoms with Crippen LogP contribution >= 0.6 is 0 Å². The number of phenols is 2. The first kappa shape index (κ1) is 17.5. The largest absolute Gasteiger partial charge is 0.507 e. The molecule has 0 aliphatic carbocycles. The molecule has 0 amide bonds. The van der Waals surface area contributed by atoms with Crippen molar-refractivity contribution in [1.82, 2.24) is 0 Å². The molecule has 0 aromatic heterocycles. The zero-order chi connectivity index (χ0) is 17.4. The van der Waals surface area contributed by atoms with Crippen LogP contribution in [0.15, 0.2) is 23.8 Å². The summed E-state index contributed by atoms with van der Waals surface area (Å²) in [5.74, 6) is -0.965. The van der Waals surface area contributed by atoms with Crippen LogP contribution in [0.4, 0.5) is 0 Å². The Morgan fingerprint density at radius 3 is 2.57 bits per heavy atom. The van der Waals surface area contributed by atoms with E-state index in [1.54, 1.807) is 0 Å². The second-order valence-corrected chi connectivity index (χ2v) is 6.57. The van der Waals surface area contributed by atoms with Gasteiger partial charge in [-0.05, 0) is 52.7 Å². The van der Waals surface area contributed by atoms with Gasteiger partial charge >= 0.3 is 0 Å². The Hall–Kier alpha value is -1.85. The molecule has 0 spiro atoms. The second-order valence-electron chi connectivity index (χ2n) is 6.57. The summed E-state index contributed by atoms with van der Waals surface area (Å²) in [6.07, 6.45) is 1.95. The number of ether oxygens (including phenoxy) is 1. The topological polar surface area (TPSA) is 90.3 Å². The van der Waals surface area contributed by atoms with E-state index in [4.69, 9.17) is 4.74 Å². The van der Waals surface area contributed by atoms with E-state index in [0.717, 1.165) is 12.8 Å². The number of Topliss-reactive ketones (excluding diaryl/α,β-unsaturated/α-hetero) is 1. The lowest BCUT2D eigenvalue weighted by Gasteiger charge is -2.16. The Morgan fingerprint density at radius 1 is 1.35 bits per heavy atom. The lowest BCUT2D eigenvalue weighted by atomic mass is 9.92. The van der Waals surface area contributed by atoms with Gasteiger partial charge in [0.15, 0.2) is 5.78 Å². The Bertz CT molecular complexity index is 645. The van der Waals surface area contributed by atoms with Crippen LogP contribution in [0.1, 0.15) is 62.6 Å². The number of aromatic hydroxyl groups is 2. The lowest BCUT2D eigenvalue weighted by molar-refractivity contribution is 0.101. The van der Waals surface area contributed by atoms with Crippen LogP contribution in [0.3, 0.4) is 0 Å². The normalized spacial score (nSPS) is 24.1. The Labute approximate surface area is 136 Å². The van der Waals surface area contributed by atoms with E-state index in [1.165, 1.54) is 24.6 Å². The molecule has 1 aromatic carbocycles. The zero-order valence-corrected chi connectivity index (χ0v) is 14.0. The molecule has 1 aliphatic heterocycles. The van der Waals surface area contributed by atoms with Crippen LogP contribution in [0.25, 0.3) is 0 Å². The van der Waals surface area contributed by atoms with Crippen molar-refractivity contribution in [3.05, 3.63) is 34.9 Å². The van der Waals surface area contributed by atoms with Gasteiger partial charge in [-0.15, -0.1) is 0 Å². The fraction of sp³-hybridized carbons (Fsp3) is 0.500. The summed E-state index contributed by atoms with van der Waals surface area (Å²) in [7, 11) is 0. The van der Waals surface area contributed by atoms with Crippen LogP contribution in [0.5, 0.6) is 11.5 Å². The van der Waals surface area contributed by atoms with Crippen molar-refractivity contribution in [2.45, 2.75) is 58.3 Å². The molecular formula is C18H24O5. The highest BCUT2D eigenvalue weighted by atomic mass is 16.6. The molecule has 1 aliphatic rings. The highest BCUT2D eigenvalue weighted by molar-refractivity contribution is 5.97. The molecule has 2 rings (SSSR count). The number of rotatable bonds is 6. The molecule has 1 fully saturated rings. The number of carbonyl (C=O) groups excluding carboxylic acids is 1. The molecule has 0 saturated carbocycles. The number of hydrogen-bond donors (Lipinski definition) is 3. The minimum atomic E-state index is -1.19. The number of carbonyl (C=O) groups is 1. The molecule has 0 radical (unpaired) electrons. The van der Waals surface area contributed by atoms with Crippen LogP contribution in [-0.4, -0.2) is 32.8 Å². The van der Waals surface area contributed by atoms with Gasteiger partial charge in [-0.1, -0.05) is 11.6 Å². The third-order valence-electron chi connectivity index (χ3n) is 4.29. The lowest BCUT2D eigenvalue weighted by Crippen LogP contribution is -2.17. The van der Waals surface area contributed by atoms with E-state index in [0.29, 0.717) is 0 Å². The molecule has 5 heteroatoms. The predicted octanol–water partition coefficient (Wildman–Crippen LogP) is 3.24. The number of benzene rings is 1. The van der Waals surface area contributed by atoms with Crippen molar-refractivity contribution in [3.63, 3.8) is 0 Å². The van der Waals surface area contributed by atoms with Gasteiger partial charge in [0.05, 0.1) is 16.7 Å². The van der Waals surface area contributed by atoms with Crippen molar-refractivity contribution in [1.29, 1.82) is 0 Å². The van der Waals surface area contributed by atoms with Gasteiger partial charge in [-0.2, -0.15) is 0 Å². The average Bonchev–Trinajstić information content (AvgIpc) is 3.09. The van der Waals surface area contributed by atoms with Crippen LogP contribution in [0, 0.1) is 0 Å². The fourth-order valence-corrected chi connectivity index (χ4v) is 2.83. The molecule has 1 heterocycles. The van der Waals surface area contributed by atoms with E-state index in [-0.39, 0.29) is 28.4 Å². The van der Waals surface area contributed by atoms with Gasteiger partial charge in [-0.25, -0.2) is 0 Å². The Balaban J connectivity index is 2.19. The average molecular weight is 320 g/mol. The number of allylic oxidation sites excluding steroid dienone is 2. The molecule has 126 valence electrons. The van der Waals surface area contributed by atoms with Gasteiger partial charge in [0.1, 0.15) is 23.7 Å². The van der Waals surface area contributed by atoms with Crippen molar-refractivity contribution < 1.29 is 24.9 Å². The summed E-state index contributed by atoms with van der Waals surface area (Å²) in [4.78, 5) is 11.5. The first-order valence-electron chi connectivity index (χ1n) is 7.72. The smallest absolute Gasteiger partial charge is 0.163 e. The third-order valence-corrected chi connectivity index (χ3v) is 4.29. The number of phenolic OH excluding ortho intramolecular Hbond substituents is 2. The maximum atomic E-state index is 11.5. The molecule has 1 unspecified atom stereocenters. The van der Waals surface area contributed by atoms with Crippen molar-refractivity contribution in [2.24, 2.45) is 0 Å². The van der Waals surface area contributed by atoms with Crippen LogP contribution < -0.4 is 0 Å². The van der Waals surface area contributed by atoms with Gasteiger partial charge in [0.25, 0.3) is 0 Å². The van der Waals surface area contributed by atoms with Crippen molar-refractivity contribution in [2.75, 3.05) is 0 Å². The summed E-state index contributed by atoms with van der Waals surface area (Å²) in [5.41, 5.74) is 0.740. The molecule has 5 nitrogen and oxygen atoms in total. The van der Waals surface area contributed by atoms with E-state index in [1.807, 2.05) is 20.8 Å². The van der Waals surface area contributed by atoms with Gasteiger partial charge in [-0.3, -0.25) is 4.79 Å². The van der Waals surface area contributed by atoms with Gasteiger partial charge in [0, 0.05) is 0 Å². The maximum absolute atomic E-state index is 11.5. The summed E-state index contributed by atoms with van der Waals surface area (Å²) >= 11 is 0. The Kier molecular flexibility index (Phi) is 4.82. The zero-order valence-electron chi connectivity index (χ0n) is 14.0. The minimum absolute atomic E-state index is 0.0476. The minimum Gasteiger partial charge on any atom is -0.507 e. The number of epoxide rings is 1. The number of hydrogen-bond acceptors (Lipinski definition) is 5. The van der Waals surface area contributed by atoms with Crippen molar-refractivity contribution >= 4 is 5.78 Å². The molecule has 3 N–H and O–H groups in total. The monoisotopic (exact) mass is 320 g/mol. The summed E-state index contributed by atoms with van der Waals surface area (Å²) in [5, 5.41) is 30.7. The quantitative estimate of drug-likeness (QED) is 0.425. The SMILES string of the molecule is CC(=O)c1ccc(O)c(C(O)[C@H]2O[C@@]2(C)CCC=C(C)C)c1O. The second kappa shape index (κ2) is 6.34. The third kappa shape index (κ3) is 3.57. The molecule has 1 saturated heterocycles. The first-order valence-corrected chi connectivity index (χ1v) is 7.72. The van der Waals surface area contributed by atoms with E-state index >= 15 is 0 Å². The molecular weight excluding hydrogens is 296 g/mol. The van der Waals surface area contributed by atoms with E-state index < -0.39 is 17.8 Å². The highest BCUT2D eigenvalue weighted by Crippen LogP contribution is 2.50. The summed E-state index contributed by atoms with van der Waals surface area (Å²) in [6.45, 7) is 7.25. The number of aliphatic hydroxyl groups is 1. The number of ketones is 1. The standard InChI is InChI=1S/C18H24O5/c1-10(2)6-5-9-18(4)17(23-18)16(22)14-13(20)8-7-12(11(3)19)15(14)21/h6-8,16-17,20-22H,5,9H2,1-4H3/t16?,17-,18+/m1/s1. The van der Waals surface area contributed by atoms with Crippen molar-refractivity contribution in [3.8, 4) is 11.5 Å². The maximum Gasteiger partial charge on any atom is 0.163 e. The Morgan fingerprint density at radius 2 is 2.00 bits per heavy atom. The van der Waals surface area contributed by atoms with E-state index in [9.17, 15) is 20.1 Å². The van der Waals surface area contributed by atoms with E-state index in [2.05, 4.69) is 6.08 Å². The number of aliphatic hydroxyl groups excluding tert-OH is 1. The summed E-state index contributed by atoms with van der Waals surface area (Å²) in [6, 6.07) is 2.64. The highest BCUT2D eigenvalue weighted by Gasteiger charge is 2.56. The van der Waals surface area contributed by atoms with Crippen LogP contribution in [-0.2, 0) is 4.74 Å². The fourth-order valence-electron chi connectivity index (χ4n) is 2.83. The molecule has 1 aromatic rings. The molecule has 3 atom stereocenters. The summed E-state index contributed by atoms with van der Waals surface area (Å²) < 4.78 is 5.63. The molecule has 23 heavy (non-hydrogen) atoms. The van der Waals surface area contributed by atoms with Crippen LogP contribution in [0.2, 0.25) is 0 Å². The first-order chi connectivity index (χ1) is 10.7. The van der Waals surface area contributed by atoms with Gasteiger partial charge in [0.2, 0.25) is 0 Å².